The Balaban J connectivity index is 0.00000220. The van der Waals surface area contributed by atoms with Crippen LogP contribution in [0.3, 0.4) is 0 Å². The number of hydrogen-bond donors (Lipinski definition) is 2. The Kier molecular flexibility index (Phi) is 6.45. The summed E-state index contributed by atoms with van der Waals surface area (Å²) in [5.74, 6) is 0.297. The molecule has 7 heteroatoms. The summed E-state index contributed by atoms with van der Waals surface area (Å²) in [4.78, 5) is 26.0. The summed E-state index contributed by atoms with van der Waals surface area (Å²) >= 11 is 1.46. The minimum atomic E-state index is -0.126. The standard InChI is InChI=1S/C14H15N3O2S.ClH/c1-10(18)16-12-5-3-11(4-6-12)13(19)9-20-14-15-7-8-17(14)2;/h3-8H,9H2,1-2H3,(H,16,18,19);1H. The maximum Gasteiger partial charge on any atom is 0.315 e. The van der Waals surface area contributed by atoms with Crippen LogP contribution in [-0.4, -0.2) is 22.4 Å². The minimum absolute atomic E-state index is 0. The van der Waals surface area contributed by atoms with Gasteiger partial charge in [0, 0.05) is 18.2 Å². The summed E-state index contributed by atoms with van der Waals surface area (Å²) in [5, 5.41) is 3.61. The molecule has 112 valence electrons. The molecule has 0 saturated heterocycles. The van der Waals surface area contributed by atoms with Crippen molar-refractivity contribution in [3.63, 3.8) is 0 Å². The first-order chi connectivity index (χ1) is 9.56. The number of aromatic amines is 1. The number of amides is 1. The predicted octanol–water partition coefficient (Wildman–Crippen LogP) is -1.22. The molecule has 1 aromatic carbocycles. The van der Waals surface area contributed by atoms with E-state index in [1.165, 1.54) is 18.7 Å². The highest BCUT2D eigenvalue weighted by atomic mass is 35.5. The second-order valence-electron chi connectivity index (χ2n) is 4.35. The lowest BCUT2D eigenvalue weighted by atomic mass is 10.1. The lowest BCUT2D eigenvalue weighted by Crippen LogP contribution is -3.00. The van der Waals surface area contributed by atoms with Crippen molar-refractivity contribution in [2.24, 2.45) is 7.05 Å². The van der Waals surface area contributed by atoms with E-state index in [0.717, 1.165) is 5.16 Å². The van der Waals surface area contributed by atoms with Gasteiger partial charge >= 0.3 is 5.16 Å². The van der Waals surface area contributed by atoms with E-state index >= 15 is 0 Å². The smallest absolute Gasteiger partial charge is 0.315 e. The molecule has 0 fully saturated rings. The number of rotatable bonds is 5. The Hall–Kier alpha value is -1.79. The van der Waals surface area contributed by atoms with Crippen molar-refractivity contribution < 1.29 is 26.6 Å². The van der Waals surface area contributed by atoms with Crippen LogP contribution in [-0.2, 0) is 11.8 Å². The lowest BCUT2D eigenvalue weighted by molar-refractivity contribution is -0.708. The molecule has 1 heterocycles. The third-order valence-corrected chi connectivity index (χ3v) is 3.78. The zero-order valence-electron chi connectivity index (χ0n) is 11.7. The van der Waals surface area contributed by atoms with Crippen LogP contribution in [0.25, 0.3) is 0 Å². The fraction of sp³-hybridized carbons (Fsp3) is 0.214. The number of carbonyl (C=O) groups is 2. The zero-order chi connectivity index (χ0) is 14.5. The van der Waals surface area contributed by atoms with Gasteiger partial charge in [0.1, 0.15) is 12.4 Å². The highest BCUT2D eigenvalue weighted by Crippen LogP contribution is 2.15. The molecule has 2 rings (SSSR count). The van der Waals surface area contributed by atoms with E-state index < -0.39 is 0 Å². The van der Waals surface area contributed by atoms with Gasteiger partial charge in [-0.1, -0.05) is 0 Å². The van der Waals surface area contributed by atoms with Crippen molar-refractivity contribution in [2.45, 2.75) is 12.1 Å². The molecule has 21 heavy (non-hydrogen) atoms. The van der Waals surface area contributed by atoms with E-state index in [1.54, 1.807) is 24.3 Å². The molecular weight excluding hydrogens is 310 g/mol. The molecule has 2 N–H and O–H groups in total. The number of nitrogens with one attached hydrogen (secondary N) is 2. The lowest BCUT2D eigenvalue weighted by Gasteiger charge is -2.03. The largest absolute Gasteiger partial charge is 1.00 e. The van der Waals surface area contributed by atoms with E-state index in [-0.39, 0.29) is 24.1 Å². The molecule has 0 radical (unpaired) electrons. The molecule has 2 aromatic rings. The second-order valence-corrected chi connectivity index (χ2v) is 5.31. The van der Waals surface area contributed by atoms with Crippen LogP contribution in [0.15, 0.2) is 41.8 Å². The molecule has 0 aliphatic heterocycles. The summed E-state index contributed by atoms with van der Waals surface area (Å²) in [6.45, 7) is 1.45. The first-order valence-electron chi connectivity index (χ1n) is 6.13. The molecule has 5 nitrogen and oxygen atoms in total. The number of aryl methyl sites for hydroxylation is 1. The van der Waals surface area contributed by atoms with Gasteiger partial charge in [-0.2, -0.15) is 0 Å². The molecule has 1 amide bonds. The molecule has 0 unspecified atom stereocenters. The van der Waals surface area contributed by atoms with Crippen LogP contribution in [0, 0.1) is 0 Å². The number of benzene rings is 1. The van der Waals surface area contributed by atoms with Crippen molar-refractivity contribution in [3.8, 4) is 0 Å². The molecular formula is C14H16ClN3O2S. The third-order valence-electron chi connectivity index (χ3n) is 2.69. The van der Waals surface area contributed by atoms with Crippen molar-refractivity contribution >= 4 is 29.1 Å². The van der Waals surface area contributed by atoms with Gasteiger partial charge in [0.15, 0.2) is 5.78 Å². The Morgan fingerprint density at radius 1 is 1.29 bits per heavy atom. The number of hydrogen-bond acceptors (Lipinski definition) is 3. The van der Waals surface area contributed by atoms with Crippen molar-refractivity contribution in [3.05, 3.63) is 42.2 Å². The molecule has 0 bridgehead atoms. The maximum absolute atomic E-state index is 12.1. The SMILES string of the molecule is CC(=O)Nc1ccc(C(=O)CSc2[nH]cc[n+]2C)cc1.[Cl-]. The molecule has 0 saturated carbocycles. The summed E-state index contributed by atoms with van der Waals surface area (Å²) in [7, 11) is 1.92. The van der Waals surface area contributed by atoms with Gasteiger partial charge in [0.05, 0.1) is 12.8 Å². The topological polar surface area (TPSA) is 65.8 Å². The number of Topliss-reactive ketones (excluding diaryl/α,β-unsaturated/α-hetero) is 1. The van der Waals surface area contributed by atoms with E-state index in [0.29, 0.717) is 17.0 Å². The van der Waals surface area contributed by atoms with E-state index in [2.05, 4.69) is 10.3 Å². The second kappa shape index (κ2) is 7.85. The number of aromatic nitrogens is 2. The molecule has 0 atom stereocenters. The zero-order valence-corrected chi connectivity index (χ0v) is 13.3. The molecule has 1 aromatic heterocycles. The Bertz CT molecular complexity index is 625. The van der Waals surface area contributed by atoms with E-state index in [4.69, 9.17) is 0 Å². The maximum atomic E-state index is 12.1. The Morgan fingerprint density at radius 2 is 1.95 bits per heavy atom. The van der Waals surface area contributed by atoms with Gasteiger partial charge in [-0.05, 0) is 36.0 Å². The van der Waals surface area contributed by atoms with Crippen molar-refractivity contribution in [1.29, 1.82) is 0 Å². The Morgan fingerprint density at radius 3 is 2.48 bits per heavy atom. The van der Waals surface area contributed by atoms with Gasteiger partial charge in [0.2, 0.25) is 5.91 Å². The molecule has 0 spiro atoms. The highest BCUT2D eigenvalue weighted by molar-refractivity contribution is 7.99. The number of nitrogens with zero attached hydrogens (tertiary/aromatic N) is 1. The fourth-order valence-electron chi connectivity index (χ4n) is 1.69. The monoisotopic (exact) mass is 325 g/mol. The number of thioether (sulfide) groups is 1. The van der Waals surface area contributed by atoms with Crippen LogP contribution in [0.4, 0.5) is 5.69 Å². The number of carbonyl (C=O) groups excluding carboxylic acids is 2. The van der Waals surface area contributed by atoms with Gasteiger partial charge in [0.25, 0.3) is 0 Å². The summed E-state index contributed by atoms with van der Waals surface area (Å²) < 4.78 is 1.93. The quantitative estimate of drug-likeness (QED) is 0.411. The van der Waals surface area contributed by atoms with Crippen LogP contribution in [0.1, 0.15) is 17.3 Å². The van der Waals surface area contributed by atoms with Crippen LogP contribution < -0.4 is 22.3 Å². The number of anilines is 1. The number of halogens is 1. The van der Waals surface area contributed by atoms with Crippen LogP contribution in [0.5, 0.6) is 0 Å². The van der Waals surface area contributed by atoms with Gasteiger partial charge in [-0.3, -0.25) is 9.59 Å². The minimum Gasteiger partial charge on any atom is -1.00 e. The third kappa shape index (κ3) is 4.91. The normalized spacial score (nSPS) is 9.81. The average Bonchev–Trinajstić information content (AvgIpc) is 2.82. The first kappa shape index (κ1) is 17.3. The van der Waals surface area contributed by atoms with Gasteiger partial charge in [-0.25, -0.2) is 9.55 Å². The van der Waals surface area contributed by atoms with Crippen LogP contribution >= 0.6 is 11.8 Å². The highest BCUT2D eigenvalue weighted by Gasteiger charge is 2.12. The first-order valence-corrected chi connectivity index (χ1v) is 7.11. The number of ketones is 1. The van der Waals surface area contributed by atoms with E-state index in [1.807, 2.05) is 24.0 Å². The molecule has 0 aliphatic carbocycles. The van der Waals surface area contributed by atoms with Gasteiger partial charge < -0.3 is 17.7 Å². The summed E-state index contributed by atoms with van der Waals surface area (Å²) in [5.41, 5.74) is 1.33. The summed E-state index contributed by atoms with van der Waals surface area (Å²) in [6, 6.07) is 6.91. The average molecular weight is 326 g/mol. The Labute approximate surface area is 133 Å². The fourth-order valence-corrected chi connectivity index (χ4v) is 2.54. The van der Waals surface area contributed by atoms with Crippen molar-refractivity contribution in [1.82, 2.24) is 4.98 Å². The molecule has 0 aliphatic rings. The van der Waals surface area contributed by atoms with Crippen molar-refractivity contribution in [2.75, 3.05) is 11.1 Å². The number of imidazole rings is 1. The number of H-pyrrole nitrogens is 1. The summed E-state index contributed by atoms with van der Waals surface area (Å²) in [6.07, 6.45) is 3.73. The van der Waals surface area contributed by atoms with Gasteiger partial charge in [-0.15, -0.1) is 0 Å². The van der Waals surface area contributed by atoms with E-state index in [9.17, 15) is 9.59 Å². The predicted molar refractivity (Wildman–Crippen MR) is 77.8 cm³/mol. The van der Waals surface area contributed by atoms with Crippen LogP contribution in [0.2, 0.25) is 0 Å².